The Kier molecular flexibility index (Phi) is 7.95. The Morgan fingerprint density at radius 1 is 1.24 bits per heavy atom. The fourth-order valence-corrected chi connectivity index (χ4v) is 2.97. The molecular weight excluding hydrogens is 372 g/mol. The molecule has 0 spiro atoms. The van der Waals surface area contributed by atoms with E-state index in [0.29, 0.717) is 29.4 Å². The molecule has 1 fully saturated rings. The normalized spacial score (nSPS) is 19.5. The number of aromatic nitrogens is 2. The van der Waals surface area contributed by atoms with E-state index < -0.39 is 11.9 Å². The van der Waals surface area contributed by atoms with Crippen molar-refractivity contribution in [3.8, 4) is 22.9 Å². The summed E-state index contributed by atoms with van der Waals surface area (Å²) in [5.41, 5.74) is 0.318. The molecule has 0 saturated carbocycles. The van der Waals surface area contributed by atoms with Crippen molar-refractivity contribution in [2.45, 2.75) is 18.6 Å². The summed E-state index contributed by atoms with van der Waals surface area (Å²) in [6, 6.07) is 2.72. The summed E-state index contributed by atoms with van der Waals surface area (Å²) in [5, 5.41) is 13.4. The van der Waals surface area contributed by atoms with Crippen LogP contribution >= 0.6 is 24.8 Å². The van der Waals surface area contributed by atoms with Crippen molar-refractivity contribution >= 4 is 24.8 Å². The first-order valence-electron chi connectivity index (χ1n) is 7.49. The minimum atomic E-state index is -0.542. The second-order valence-corrected chi connectivity index (χ2v) is 5.47. The Hall–Kier alpha value is -1.54. The van der Waals surface area contributed by atoms with Gasteiger partial charge in [0.2, 0.25) is 0 Å². The predicted octanol–water partition coefficient (Wildman–Crippen LogP) is 2.45. The molecule has 0 unspecified atom stereocenters. The summed E-state index contributed by atoms with van der Waals surface area (Å²) in [5.74, 6) is 0.783. The Morgan fingerprint density at radius 3 is 2.56 bits per heavy atom. The number of hydrogen-bond donors (Lipinski definition) is 2. The van der Waals surface area contributed by atoms with Gasteiger partial charge < -0.3 is 24.5 Å². The van der Waals surface area contributed by atoms with Crippen molar-refractivity contribution in [2.24, 2.45) is 0 Å². The molecular formula is C16H22Cl2FN3O3. The van der Waals surface area contributed by atoms with E-state index in [0.717, 1.165) is 13.0 Å². The first-order chi connectivity index (χ1) is 11.2. The molecule has 2 atom stereocenters. The summed E-state index contributed by atoms with van der Waals surface area (Å²) in [6.45, 7) is 1.31. The molecule has 6 nitrogen and oxygen atoms in total. The zero-order valence-corrected chi connectivity index (χ0v) is 15.6. The number of β-amino-alcohol motifs (C(OH)–C–C–N with tert-alkyl or cyclic N) is 1. The molecule has 140 valence electrons. The van der Waals surface area contributed by atoms with Crippen LogP contribution in [0.5, 0.6) is 11.5 Å². The van der Waals surface area contributed by atoms with Gasteiger partial charge in [0, 0.05) is 25.0 Å². The third-order valence-corrected chi connectivity index (χ3v) is 4.15. The number of nitrogens with zero attached hydrogens (tertiary/aromatic N) is 2. The van der Waals surface area contributed by atoms with Crippen LogP contribution in [0.4, 0.5) is 4.39 Å². The monoisotopic (exact) mass is 393 g/mol. The lowest BCUT2D eigenvalue weighted by atomic mass is 10.0. The van der Waals surface area contributed by atoms with Crippen molar-refractivity contribution < 1.29 is 19.0 Å². The number of aliphatic hydroxyl groups is 1. The van der Waals surface area contributed by atoms with Crippen LogP contribution in [-0.4, -0.2) is 48.1 Å². The highest BCUT2D eigenvalue weighted by atomic mass is 35.5. The van der Waals surface area contributed by atoms with Crippen LogP contribution in [0.1, 0.15) is 12.5 Å². The number of aliphatic hydroxyl groups excluding tert-OH is 1. The van der Waals surface area contributed by atoms with Crippen LogP contribution in [0.2, 0.25) is 0 Å². The summed E-state index contributed by atoms with van der Waals surface area (Å²) in [7, 11) is 2.96. The maximum atomic E-state index is 14.5. The highest BCUT2D eigenvalue weighted by Gasteiger charge is 2.27. The summed E-state index contributed by atoms with van der Waals surface area (Å²) in [6.07, 6.45) is 3.59. The Morgan fingerprint density at radius 2 is 1.92 bits per heavy atom. The molecule has 2 aromatic rings. The van der Waals surface area contributed by atoms with Crippen molar-refractivity contribution in [3.63, 3.8) is 0 Å². The van der Waals surface area contributed by atoms with Crippen molar-refractivity contribution in [3.05, 3.63) is 30.3 Å². The number of rotatable bonds is 4. The summed E-state index contributed by atoms with van der Waals surface area (Å²) >= 11 is 0. The van der Waals surface area contributed by atoms with Crippen molar-refractivity contribution in [1.82, 2.24) is 14.9 Å². The maximum Gasteiger partial charge on any atom is 0.163 e. The molecule has 1 aliphatic heterocycles. The largest absolute Gasteiger partial charge is 0.493 e. The quantitative estimate of drug-likeness (QED) is 0.834. The van der Waals surface area contributed by atoms with Gasteiger partial charge in [-0.05, 0) is 19.0 Å². The minimum absolute atomic E-state index is 0. The fourth-order valence-electron chi connectivity index (χ4n) is 2.97. The molecule has 3 rings (SSSR count). The van der Waals surface area contributed by atoms with E-state index in [1.54, 1.807) is 18.5 Å². The van der Waals surface area contributed by atoms with Crippen LogP contribution in [0.3, 0.4) is 0 Å². The average Bonchev–Trinajstić information content (AvgIpc) is 3.04. The van der Waals surface area contributed by atoms with Gasteiger partial charge in [-0.3, -0.25) is 0 Å². The molecule has 0 radical (unpaired) electrons. The number of methoxy groups -OCH3 is 2. The van der Waals surface area contributed by atoms with Gasteiger partial charge in [-0.15, -0.1) is 24.8 Å². The Bertz CT molecular complexity index is 699. The molecule has 9 heteroatoms. The zero-order chi connectivity index (χ0) is 16.4. The number of piperidine rings is 1. The van der Waals surface area contributed by atoms with Crippen LogP contribution in [0.25, 0.3) is 11.4 Å². The van der Waals surface area contributed by atoms with Gasteiger partial charge in [0.1, 0.15) is 11.6 Å². The minimum Gasteiger partial charge on any atom is -0.493 e. The van der Waals surface area contributed by atoms with Crippen molar-refractivity contribution in [1.29, 1.82) is 0 Å². The molecule has 25 heavy (non-hydrogen) atoms. The van der Waals surface area contributed by atoms with Crippen LogP contribution in [-0.2, 0) is 0 Å². The standard InChI is InChI=1S/C16H20FN3O3.2ClH/c1-22-14-7-10(11(17)8-15(14)23-2)16-19-5-6-20(16)12-3-4-18-9-13(12)21;;/h5-8,12-13,18,21H,3-4,9H2,1-2H3;2*1H/t12-,13-;;/m0../s1. The third-order valence-electron chi connectivity index (χ3n) is 4.15. The molecule has 1 aromatic heterocycles. The number of ether oxygens (including phenoxy) is 2. The fraction of sp³-hybridized carbons (Fsp3) is 0.438. The molecule has 1 aliphatic rings. The highest BCUT2D eigenvalue weighted by Crippen LogP contribution is 2.35. The molecule has 0 bridgehead atoms. The van der Waals surface area contributed by atoms with Gasteiger partial charge in [0.25, 0.3) is 0 Å². The van der Waals surface area contributed by atoms with E-state index in [1.807, 2.05) is 4.57 Å². The Labute approximate surface area is 158 Å². The van der Waals surface area contributed by atoms with Gasteiger partial charge in [-0.25, -0.2) is 9.37 Å². The summed E-state index contributed by atoms with van der Waals surface area (Å²) < 4.78 is 26.7. The topological polar surface area (TPSA) is 68.5 Å². The smallest absolute Gasteiger partial charge is 0.163 e. The lowest BCUT2D eigenvalue weighted by Crippen LogP contribution is -2.41. The number of hydrogen-bond acceptors (Lipinski definition) is 5. The molecule has 2 N–H and O–H groups in total. The van der Waals surface area contributed by atoms with Crippen LogP contribution < -0.4 is 14.8 Å². The second-order valence-electron chi connectivity index (χ2n) is 5.47. The molecule has 0 aliphatic carbocycles. The van der Waals surface area contributed by atoms with Crippen LogP contribution in [0, 0.1) is 5.82 Å². The van der Waals surface area contributed by atoms with E-state index in [9.17, 15) is 9.50 Å². The molecule has 1 aromatic carbocycles. The average molecular weight is 394 g/mol. The van der Waals surface area contributed by atoms with E-state index >= 15 is 0 Å². The van der Waals surface area contributed by atoms with Gasteiger partial charge in [0.05, 0.1) is 31.9 Å². The molecule has 2 heterocycles. The lowest BCUT2D eigenvalue weighted by Gasteiger charge is -2.30. The lowest BCUT2D eigenvalue weighted by molar-refractivity contribution is 0.0880. The second kappa shape index (κ2) is 9.24. The highest BCUT2D eigenvalue weighted by molar-refractivity contribution is 5.85. The number of nitrogens with one attached hydrogen (secondary N) is 1. The summed E-state index contributed by atoms with van der Waals surface area (Å²) in [4.78, 5) is 4.28. The number of benzene rings is 1. The molecule has 0 amide bonds. The zero-order valence-electron chi connectivity index (χ0n) is 13.9. The van der Waals surface area contributed by atoms with Gasteiger partial charge in [0.15, 0.2) is 11.5 Å². The van der Waals surface area contributed by atoms with Gasteiger partial charge in [-0.2, -0.15) is 0 Å². The van der Waals surface area contributed by atoms with E-state index in [4.69, 9.17) is 9.47 Å². The Balaban J connectivity index is 0.00000156. The first-order valence-corrected chi connectivity index (χ1v) is 7.49. The molecule has 1 saturated heterocycles. The van der Waals surface area contributed by atoms with E-state index in [2.05, 4.69) is 10.3 Å². The SMILES string of the molecule is COc1cc(F)c(-c2nccn2[C@H]2CCNC[C@@H]2O)cc1OC.Cl.Cl. The van der Waals surface area contributed by atoms with E-state index in [1.165, 1.54) is 20.3 Å². The van der Waals surface area contributed by atoms with Crippen LogP contribution in [0.15, 0.2) is 24.5 Å². The number of halogens is 3. The van der Waals surface area contributed by atoms with E-state index in [-0.39, 0.29) is 30.9 Å². The maximum absolute atomic E-state index is 14.5. The van der Waals surface area contributed by atoms with Gasteiger partial charge >= 0.3 is 0 Å². The first kappa shape index (κ1) is 21.5. The third kappa shape index (κ3) is 4.17. The number of imidazole rings is 1. The van der Waals surface area contributed by atoms with Gasteiger partial charge in [-0.1, -0.05) is 0 Å². The predicted molar refractivity (Wildman–Crippen MR) is 97.8 cm³/mol. The van der Waals surface area contributed by atoms with Crippen molar-refractivity contribution in [2.75, 3.05) is 27.3 Å².